The highest BCUT2D eigenvalue weighted by Crippen LogP contribution is 2.50. The molecule has 2 bridgehead atoms. The van der Waals surface area contributed by atoms with Crippen LogP contribution in [0.1, 0.15) is 40.0 Å². The molecule has 2 heterocycles. The van der Waals surface area contributed by atoms with E-state index >= 15 is 0 Å². The number of ether oxygens (including phenoxy) is 2. The van der Waals surface area contributed by atoms with Crippen LogP contribution in [0.2, 0.25) is 0 Å². The second-order valence-corrected chi connectivity index (χ2v) is 10.4. The summed E-state index contributed by atoms with van der Waals surface area (Å²) in [5.41, 5.74) is 2.64. The summed E-state index contributed by atoms with van der Waals surface area (Å²) in [6, 6.07) is 17.1. The predicted octanol–water partition coefficient (Wildman–Crippen LogP) is 5.49. The van der Waals surface area contributed by atoms with Gasteiger partial charge in [-0.25, -0.2) is 4.58 Å². The molecule has 1 aliphatic carbocycles. The number of para-hydroxylation sites is 1. The fourth-order valence-electron chi connectivity index (χ4n) is 6.23. The van der Waals surface area contributed by atoms with Crippen LogP contribution < -0.4 is 19.4 Å². The average molecular weight is 419 g/mol. The number of hydrogen-bond acceptors (Lipinski definition) is 3. The third-order valence-corrected chi connectivity index (χ3v) is 7.04. The maximum absolute atomic E-state index is 6.38. The van der Waals surface area contributed by atoms with Gasteiger partial charge < -0.3 is 13.9 Å². The van der Waals surface area contributed by atoms with Gasteiger partial charge >= 0.3 is 0 Å². The molecule has 2 fully saturated rings. The molecule has 4 nitrogen and oxygen atoms in total. The van der Waals surface area contributed by atoms with Gasteiger partial charge in [-0.1, -0.05) is 32.9 Å². The number of fused-ring (bicyclic) bond motifs is 3. The zero-order valence-electron chi connectivity index (χ0n) is 19.2. The third-order valence-electron chi connectivity index (χ3n) is 7.04. The van der Waals surface area contributed by atoms with Gasteiger partial charge in [0.25, 0.3) is 0 Å². The van der Waals surface area contributed by atoms with Gasteiger partial charge in [0.2, 0.25) is 5.36 Å². The van der Waals surface area contributed by atoms with Crippen molar-refractivity contribution in [3.63, 3.8) is 0 Å². The Morgan fingerprint density at radius 3 is 2.48 bits per heavy atom. The number of hydrogen-bond donors (Lipinski definition) is 0. The monoisotopic (exact) mass is 418 g/mol. The molecule has 0 N–H and O–H groups in total. The van der Waals surface area contributed by atoms with Crippen LogP contribution >= 0.6 is 0 Å². The molecular formula is C27H32NO3+. The van der Waals surface area contributed by atoms with Crippen LogP contribution in [0.25, 0.3) is 22.3 Å². The Hall–Kier alpha value is -2.75. The van der Waals surface area contributed by atoms with Crippen molar-refractivity contribution in [3.05, 3.63) is 53.9 Å². The fraction of sp³-hybridized carbons (Fsp3) is 0.444. The van der Waals surface area contributed by atoms with Gasteiger partial charge in [0.1, 0.15) is 17.9 Å². The van der Waals surface area contributed by atoms with E-state index in [1.165, 1.54) is 30.0 Å². The number of rotatable bonds is 3. The summed E-state index contributed by atoms with van der Waals surface area (Å²) in [7, 11) is 3.32. The normalized spacial score (nSPS) is 26.2. The van der Waals surface area contributed by atoms with E-state index in [1.807, 2.05) is 24.3 Å². The highest BCUT2D eigenvalue weighted by molar-refractivity contribution is 5.78. The first-order valence-electron chi connectivity index (χ1n) is 11.2. The second kappa shape index (κ2) is 7.15. The van der Waals surface area contributed by atoms with E-state index in [0.717, 1.165) is 29.2 Å². The first kappa shape index (κ1) is 20.2. The van der Waals surface area contributed by atoms with Crippen molar-refractivity contribution < 1.29 is 13.9 Å². The van der Waals surface area contributed by atoms with Gasteiger partial charge in [0, 0.05) is 23.8 Å². The molecule has 0 radical (unpaired) electrons. The second-order valence-electron chi connectivity index (χ2n) is 10.4. The molecule has 0 spiro atoms. The van der Waals surface area contributed by atoms with Crippen molar-refractivity contribution in [2.45, 2.75) is 46.1 Å². The average Bonchev–Trinajstić information content (AvgIpc) is 3.00. The largest absolute Gasteiger partial charge is 0.493 e. The van der Waals surface area contributed by atoms with Crippen LogP contribution in [-0.4, -0.2) is 26.8 Å². The van der Waals surface area contributed by atoms with Gasteiger partial charge in [-0.15, -0.1) is 0 Å². The first-order valence-corrected chi connectivity index (χ1v) is 11.2. The Balaban J connectivity index is 1.75. The lowest BCUT2D eigenvalue weighted by Gasteiger charge is -2.36. The molecule has 5 rings (SSSR count). The van der Waals surface area contributed by atoms with E-state index in [4.69, 9.17) is 13.9 Å². The molecule has 3 aromatic rings. The van der Waals surface area contributed by atoms with Crippen LogP contribution in [0.3, 0.4) is 0 Å². The van der Waals surface area contributed by atoms with Gasteiger partial charge in [0.05, 0.1) is 25.7 Å². The predicted molar refractivity (Wildman–Crippen MR) is 124 cm³/mol. The molecule has 2 aromatic carbocycles. The molecule has 2 unspecified atom stereocenters. The number of methoxy groups -OCH3 is 2. The Morgan fingerprint density at radius 1 is 0.935 bits per heavy atom. The fourth-order valence-corrected chi connectivity index (χ4v) is 6.23. The quantitative estimate of drug-likeness (QED) is 0.528. The molecule has 31 heavy (non-hydrogen) atoms. The molecule has 1 aliphatic heterocycles. The Morgan fingerprint density at radius 2 is 1.71 bits per heavy atom. The summed E-state index contributed by atoms with van der Waals surface area (Å²) in [5.74, 6) is 2.27. The summed E-state index contributed by atoms with van der Waals surface area (Å²) >= 11 is 0. The van der Waals surface area contributed by atoms with E-state index in [2.05, 4.69) is 49.6 Å². The SMILES string of the molecule is COc1ccc(-c2cc(=[N+]3CC4(C)CC3CC(C)(C)C4)c3ccccc3o2)cc1OC. The summed E-state index contributed by atoms with van der Waals surface area (Å²) < 4.78 is 20.0. The molecular weight excluding hydrogens is 386 g/mol. The Labute approximate surface area is 184 Å². The van der Waals surface area contributed by atoms with Crippen LogP contribution in [0, 0.1) is 10.8 Å². The van der Waals surface area contributed by atoms with Gasteiger partial charge in [-0.3, -0.25) is 0 Å². The third kappa shape index (κ3) is 3.52. The lowest BCUT2D eigenvalue weighted by Crippen LogP contribution is -2.37. The molecule has 2 aliphatic rings. The lowest BCUT2D eigenvalue weighted by molar-refractivity contribution is 0.135. The Bertz CT molecular complexity index is 1220. The Kier molecular flexibility index (Phi) is 4.65. The zero-order chi connectivity index (χ0) is 21.8. The maximum Gasteiger partial charge on any atom is 0.215 e. The summed E-state index contributed by atoms with van der Waals surface area (Å²) in [5, 5.41) is 2.46. The number of nitrogens with zero attached hydrogens (tertiary/aromatic N) is 1. The molecule has 1 saturated carbocycles. The van der Waals surface area contributed by atoms with E-state index in [1.54, 1.807) is 14.2 Å². The first-order chi connectivity index (χ1) is 14.8. The minimum atomic E-state index is 0.365. The van der Waals surface area contributed by atoms with Gasteiger partial charge in [-0.05, 0) is 42.2 Å². The van der Waals surface area contributed by atoms with Crippen LogP contribution in [0.4, 0.5) is 0 Å². The van der Waals surface area contributed by atoms with Gasteiger partial charge in [-0.2, -0.15) is 0 Å². The van der Waals surface area contributed by atoms with Gasteiger partial charge in [0.15, 0.2) is 17.5 Å². The molecule has 4 heteroatoms. The highest BCUT2D eigenvalue weighted by Gasteiger charge is 2.53. The minimum absolute atomic E-state index is 0.365. The maximum atomic E-state index is 6.38. The van der Waals surface area contributed by atoms with Crippen molar-refractivity contribution >= 4 is 11.0 Å². The summed E-state index contributed by atoms with van der Waals surface area (Å²) in [6.45, 7) is 8.41. The molecule has 1 aromatic heterocycles. The summed E-state index contributed by atoms with van der Waals surface area (Å²) in [6.07, 6.45) is 3.78. The molecule has 162 valence electrons. The zero-order valence-corrected chi connectivity index (χ0v) is 19.2. The molecule has 0 amide bonds. The van der Waals surface area contributed by atoms with Crippen molar-refractivity contribution in [3.8, 4) is 22.8 Å². The molecule has 2 atom stereocenters. The standard InChI is InChI=1S/C27H32NO3/c1-26(2)14-19-15-27(3,16-26)17-28(19)21-13-24(31-22-9-7-6-8-20(21)22)18-10-11-23(29-4)25(12-18)30-5/h6-13,19H,14-17H2,1-5H3/q+1. The van der Waals surface area contributed by atoms with Crippen LogP contribution in [0.5, 0.6) is 11.5 Å². The van der Waals surface area contributed by atoms with Crippen molar-refractivity contribution in [2.24, 2.45) is 10.8 Å². The smallest absolute Gasteiger partial charge is 0.215 e. The van der Waals surface area contributed by atoms with Crippen molar-refractivity contribution in [1.29, 1.82) is 0 Å². The highest BCUT2D eigenvalue weighted by atomic mass is 16.5. The van der Waals surface area contributed by atoms with Crippen molar-refractivity contribution in [1.82, 2.24) is 4.58 Å². The van der Waals surface area contributed by atoms with E-state index < -0.39 is 0 Å². The van der Waals surface area contributed by atoms with E-state index in [9.17, 15) is 0 Å². The van der Waals surface area contributed by atoms with E-state index in [-0.39, 0.29) is 0 Å². The van der Waals surface area contributed by atoms with Crippen LogP contribution in [0.15, 0.2) is 52.9 Å². The lowest BCUT2D eigenvalue weighted by atomic mass is 9.65. The molecule has 1 saturated heterocycles. The summed E-state index contributed by atoms with van der Waals surface area (Å²) in [4.78, 5) is 0. The number of benzene rings is 2. The van der Waals surface area contributed by atoms with Crippen LogP contribution in [-0.2, 0) is 0 Å². The minimum Gasteiger partial charge on any atom is -0.493 e. The van der Waals surface area contributed by atoms with Crippen molar-refractivity contribution in [2.75, 3.05) is 20.8 Å². The topological polar surface area (TPSA) is 34.6 Å². The van der Waals surface area contributed by atoms with E-state index in [0.29, 0.717) is 22.6 Å².